The van der Waals surface area contributed by atoms with Gasteiger partial charge >= 0.3 is 0 Å². The van der Waals surface area contributed by atoms with Crippen LogP contribution in [-0.4, -0.2) is 24.2 Å². The number of methoxy groups -OCH3 is 1. The van der Waals surface area contributed by atoms with Crippen LogP contribution in [0.3, 0.4) is 0 Å². The van der Waals surface area contributed by atoms with Crippen LogP contribution in [0.4, 0.5) is 4.39 Å². The molecular formula is C16H19FN2O3. The maximum Gasteiger partial charge on any atom is 0.271 e. The predicted octanol–water partition coefficient (Wildman–Crippen LogP) is 2.12. The molecule has 118 valence electrons. The first kappa shape index (κ1) is 15.9. The van der Waals surface area contributed by atoms with Gasteiger partial charge in [-0.1, -0.05) is 19.1 Å². The largest absolute Gasteiger partial charge is 0.503 e. The van der Waals surface area contributed by atoms with E-state index < -0.39 is 5.91 Å². The van der Waals surface area contributed by atoms with E-state index in [1.54, 1.807) is 18.2 Å². The van der Waals surface area contributed by atoms with E-state index in [9.17, 15) is 14.3 Å². The van der Waals surface area contributed by atoms with E-state index in [0.29, 0.717) is 0 Å². The zero-order chi connectivity index (χ0) is 16.1. The average molecular weight is 306 g/mol. The number of hydrogen-bond acceptors (Lipinski definition) is 4. The molecule has 1 unspecified atom stereocenters. The third kappa shape index (κ3) is 3.58. The number of halogens is 1. The number of rotatable bonds is 5. The number of aliphatic hydroxyl groups is 1. The summed E-state index contributed by atoms with van der Waals surface area (Å²) in [5, 5.41) is 15.7. The van der Waals surface area contributed by atoms with Crippen LogP contribution in [-0.2, 0) is 16.1 Å². The van der Waals surface area contributed by atoms with Crippen LogP contribution in [0.1, 0.15) is 18.9 Å². The van der Waals surface area contributed by atoms with Crippen molar-refractivity contribution in [3.05, 3.63) is 58.9 Å². The van der Waals surface area contributed by atoms with Crippen LogP contribution in [0.2, 0.25) is 0 Å². The fourth-order valence-corrected chi connectivity index (χ4v) is 2.11. The van der Waals surface area contributed by atoms with E-state index >= 15 is 0 Å². The fraction of sp³-hybridized carbons (Fsp3) is 0.312. The van der Waals surface area contributed by atoms with Crippen LogP contribution >= 0.6 is 0 Å². The molecule has 1 heterocycles. The molecule has 0 fully saturated rings. The minimum atomic E-state index is -0.442. The summed E-state index contributed by atoms with van der Waals surface area (Å²) < 4.78 is 17.9. The molecule has 5 nitrogen and oxygen atoms in total. The Bertz CT molecular complexity index is 608. The first-order valence-corrected chi connectivity index (χ1v) is 7.03. The molecule has 1 amide bonds. The number of aliphatic hydroxyl groups excluding tert-OH is 1. The molecule has 0 aliphatic carbocycles. The third-order valence-electron chi connectivity index (χ3n) is 3.41. The van der Waals surface area contributed by atoms with Gasteiger partial charge in [0.05, 0.1) is 7.11 Å². The molecule has 0 bridgehead atoms. The summed E-state index contributed by atoms with van der Waals surface area (Å²) in [6.07, 6.45) is 2.47. The zero-order valence-electron chi connectivity index (χ0n) is 12.5. The molecule has 1 atom stereocenters. The van der Waals surface area contributed by atoms with Crippen molar-refractivity contribution >= 4 is 5.91 Å². The van der Waals surface area contributed by atoms with Gasteiger partial charge in [0.25, 0.3) is 5.91 Å². The molecule has 1 aliphatic rings. The highest BCUT2D eigenvalue weighted by molar-refractivity contribution is 5.94. The SMILES string of the molecule is CCC1C=C(OC)C(O)=C(C(=O)NCc2ccc(F)cc2)N1. The number of benzene rings is 1. The lowest BCUT2D eigenvalue weighted by Gasteiger charge is -2.24. The lowest BCUT2D eigenvalue weighted by atomic mass is 10.1. The Morgan fingerprint density at radius 2 is 2.09 bits per heavy atom. The molecule has 1 aromatic carbocycles. The van der Waals surface area contributed by atoms with Gasteiger partial charge in [0.2, 0.25) is 0 Å². The molecule has 0 saturated carbocycles. The number of hydrogen-bond donors (Lipinski definition) is 3. The summed E-state index contributed by atoms with van der Waals surface area (Å²) in [4.78, 5) is 12.2. The van der Waals surface area contributed by atoms with Crippen molar-refractivity contribution in [1.29, 1.82) is 0 Å². The van der Waals surface area contributed by atoms with E-state index in [-0.39, 0.29) is 35.6 Å². The molecule has 0 spiro atoms. The normalized spacial score (nSPS) is 17.6. The minimum Gasteiger partial charge on any atom is -0.503 e. The molecule has 0 radical (unpaired) electrons. The number of dihydropyridines is 1. The van der Waals surface area contributed by atoms with Gasteiger partial charge in [0.1, 0.15) is 11.5 Å². The second kappa shape index (κ2) is 6.98. The number of nitrogens with one attached hydrogen (secondary N) is 2. The molecule has 0 saturated heterocycles. The quantitative estimate of drug-likeness (QED) is 0.779. The van der Waals surface area contributed by atoms with Crippen molar-refractivity contribution in [1.82, 2.24) is 10.6 Å². The van der Waals surface area contributed by atoms with Crippen molar-refractivity contribution < 1.29 is 19.0 Å². The zero-order valence-corrected chi connectivity index (χ0v) is 12.5. The van der Waals surface area contributed by atoms with Gasteiger partial charge < -0.3 is 20.5 Å². The highest BCUT2D eigenvalue weighted by Crippen LogP contribution is 2.19. The summed E-state index contributed by atoms with van der Waals surface area (Å²) in [6.45, 7) is 2.19. The van der Waals surface area contributed by atoms with Crippen LogP contribution in [0.15, 0.2) is 47.6 Å². The molecular weight excluding hydrogens is 287 g/mol. The molecule has 3 N–H and O–H groups in total. The van der Waals surface area contributed by atoms with Crippen LogP contribution in [0, 0.1) is 5.82 Å². The van der Waals surface area contributed by atoms with E-state index in [4.69, 9.17) is 4.74 Å². The molecule has 1 aliphatic heterocycles. The highest BCUT2D eigenvalue weighted by atomic mass is 19.1. The maximum absolute atomic E-state index is 12.8. The van der Waals surface area contributed by atoms with Gasteiger partial charge in [-0.3, -0.25) is 4.79 Å². The van der Waals surface area contributed by atoms with Crippen LogP contribution in [0.5, 0.6) is 0 Å². The summed E-state index contributed by atoms with van der Waals surface area (Å²) in [5.74, 6) is -0.714. The fourth-order valence-electron chi connectivity index (χ4n) is 2.11. The monoisotopic (exact) mass is 306 g/mol. The first-order chi connectivity index (χ1) is 10.5. The minimum absolute atomic E-state index is 0.0771. The predicted molar refractivity (Wildman–Crippen MR) is 80.2 cm³/mol. The summed E-state index contributed by atoms with van der Waals surface area (Å²) in [6, 6.07) is 5.75. The molecule has 6 heteroatoms. The van der Waals surface area contributed by atoms with Gasteiger partial charge in [-0.2, -0.15) is 0 Å². The van der Waals surface area contributed by atoms with Gasteiger partial charge in [-0.05, 0) is 30.2 Å². The van der Waals surface area contributed by atoms with Gasteiger partial charge in [0, 0.05) is 12.6 Å². The smallest absolute Gasteiger partial charge is 0.271 e. The van der Waals surface area contributed by atoms with Crippen molar-refractivity contribution in [2.75, 3.05) is 7.11 Å². The third-order valence-corrected chi connectivity index (χ3v) is 3.41. The average Bonchev–Trinajstić information content (AvgIpc) is 2.54. The second-order valence-corrected chi connectivity index (χ2v) is 4.93. The Hall–Kier alpha value is -2.50. The molecule has 0 aromatic heterocycles. The van der Waals surface area contributed by atoms with E-state index in [2.05, 4.69) is 10.6 Å². The molecule has 2 rings (SSSR count). The second-order valence-electron chi connectivity index (χ2n) is 4.93. The van der Waals surface area contributed by atoms with Gasteiger partial charge in [0.15, 0.2) is 11.5 Å². The van der Waals surface area contributed by atoms with Crippen molar-refractivity contribution in [3.63, 3.8) is 0 Å². The molecule has 1 aromatic rings. The van der Waals surface area contributed by atoms with Crippen LogP contribution in [0.25, 0.3) is 0 Å². The number of carbonyl (C=O) groups excluding carboxylic acids is 1. The van der Waals surface area contributed by atoms with Crippen molar-refractivity contribution in [3.8, 4) is 0 Å². The summed E-state index contributed by atoms with van der Waals surface area (Å²) in [5.41, 5.74) is 0.841. The van der Waals surface area contributed by atoms with Crippen molar-refractivity contribution in [2.24, 2.45) is 0 Å². The lowest BCUT2D eigenvalue weighted by molar-refractivity contribution is -0.118. The lowest BCUT2D eigenvalue weighted by Crippen LogP contribution is -2.39. The number of carbonyl (C=O) groups is 1. The van der Waals surface area contributed by atoms with E-state index in [1.807, 2.05) is 6.92 Å². The Labute approximate surface area is 128 Å². The Morgan fingerprint density at radius 1 is 1.41 bits per heavy atom. The maximum atomic E-state index is 12.8. The van der Waals surface area contributed by atoms with Crippen LogP contribution < -0.4 is 10.6 Å². The number of amides is 1. The summed E-state index contributed by atoms with van der Waals surface area (Å²) >= 11 is 0. The Kier molecular flexibility index (Phi) is 5.04. The first-order valence-electron chi connectivity index (χ1n) is 7.03. The highest BCUT2D eigenvalue weighted by Gasteiger charge is 2.25. The number of ether oxygens (including phenoxy) is 1. The Balaban J connectivity index is 2.07. The van der Waals surface area contributed by atoms with Gasteiger partial charge in [-0.25, -0.2) is 4.39 Å². The standard InChI is InChI=1S/C16H19FN2O3/c1-3-12-8-13(22-2)15(20)14(19-12)16(21)18-9-10-4-6-11(17)7-5-10/h4-8,12,19-20H,3,9H2,1-2H3,(H,18,21). The van der Waals surface area contributed by atoms with Crippen molar-refractivity contribution in [2.45, 2.75) is 25.9 Å². The summed E-state index contributed by atoms with van der Waals surface area (Å²) in [7, 11) is 1.44. The molecule has 22 heavy (non-hydrogen) atoms. The topological polar surface area (TPSA) is 70.6 Å². The Morgan fingerprint density at radius 3 is 2.68 bits per heavy atom. The van der Waals surface area contributed by atoms with E-state index in [1.165, 1.54) is 19.2 Å². The van der Waals surface area contributed by atoms with E-state index in [0.717, 1.165) is 12.0 Å². The van der Waals surface area contributed by atoms with Gasteiger partial charge in [-0.15, -0.1) is 0 Å².